The molecule has 64 valence electrons. The van der Waals surface area contributed by atoms with E-state index < -0.39 is 6.71 Å². The molecule has 0 aromatic heterocycles. The molecule has 0 saturated carbocycles. The van der Waals surface area contributed by atoms with Crippen molar-refractivity contribution in [2.45, 2.75) is 19.8 Å². The Kier molecular flexibility index (Phi) is 14.3. The van der Waals surface area contributed by atoms with E-state index >= 15 is 0 Å². The Balaban J connectivity index is 0. The lowest BCUT2D eigenvalue weighted by Gasteiger charge is -1.79. The second-order valence-corrected chi connectivity index (χ2v) is 2.92. The molecule has 1 atom stereocenters. The summed E-state index contributed by atoms with van der Waals surface area (Å²) < 4.78 is 0. The molecular weight excluding hydrogens is 168 g/mol. The first-order valence-electron chi connectivity index (χ1n) is 3.94. The summed E-state index contributed by atoms with van der Waals surface area (Å²) in [5.74, 6) is 4.69. The Morgan fingerprint density at radius 2 is 1.58 bits per heavy atom. The SMILES string of the molecule is CCCC[PH3+].N#C[BH-](C#N)C#N. The molecule has 0 spiro atoms. The lowest BCUT2D eigenvalue weighted by molar-refractivity contribution is 0.897. The molecule has 0 radical (unpaired) electrons. The number of hydrogen-bond acceptors (Lipinski definition) is 3. The van der Waals surface area contributed by atoms with Crippen LogP contribution in [0.25, 0.3) is 0 Å². The van der Waals surface area contributed by atoms with E-state index in [4.69, 9.17) is 15.8 Å². The van der Waals surface area contributed by atoms with Crippen LogP contribution in [-0.2, 0) is 0 Å². The standard InChI is InChI=1S/C4H11P.C3HBN3/c1-2-3-4-5;5-1-4(2-6)3-7/h2-5H2,1H3;4H/q;-1/p+1. The summed E-state index contributed by atoms with van der Waals surface area (Å²) in [6.45, 7) is 0.425. The fourth-order valence-corrected chi connectivity index (χ4v) is 0.856. The van der Waals surface area contributed by atoms with Gasteiger partial charge in [-0.2, -0.15) is 0 Å². The molecule has 3 nitrogen and oxygen atoms in total. The van der Waals surface area contributed by atoms with Crippen molar-refractivity contribution < 1.29 is 0 Å². The molecule has 0 aromatic carbocycles. The summed E-state index contributed by atoms with van der Waals surface area (Å²) in [4.78, 5) is 0. The number of rotatable bonds is 2. The van der Waals surface area contributed by atoms with Crippen LogP contribution >= 0.6 is 9.24 Å². The highest BCUT2D eigenvalue weighted by molar-refractivity contribution is 7.16. The molecule has 0 amide bonds. The minimum atomic E-state index is -1.79. The molecule has 0 aromatic rings. The maximum atomic E-state index is 7.87. The van der Waals surface area contributed by atoms with E-state index in [1.54, 1.807) is 17.9 Å². The highest BCUT2D eigenvalue weighted by Gasteiger charge is 1.90. The molecule has 1 unspecified atom stereocenters. The fourth-order valence-electron chi connectivity index (χ4n) is 0.356. The topological polar surface area (TPSA) is 71.4 Å². The normalized spacial score (nSPS) is 7.25. The predicted octanol–water partition coefficient (Wildman–Crippen LogP) is 0.796. The van der Waals surface area contributed by atoms with Gasteiger partial charge in [0.25, 0.3) is 6.71 Å². The lowest BCUT2D eigenvalue weighted by Crippen LogP contribution is -2.01. The molecule has 0 aliphatic heterocycles. The van der Waals surface area contributed by atoms with Crippen molar-refractivity contribution in [2.75, 3.05) is 6.16 Å². The maximum absolute atomic E-state index is 7.87. The Morgan fingerprint density at radius 1 is 1.17 bits per heavy atom. The molecule has 5 heteroatoms. The lowest BCUT2D eigenvalue weighted by atomic mass is 9.55. The summed E-state index contributed by atoms with van der Waals surface area (Å²) in [5.41, 5.74) is 0. The van der Waals surface area contributed by atoms with Gasteiger partial charge in [-0.15, -0.1) is 17.9 Å². The van der Waals surface area contributed by atoms with Crippen LogP contribution in [0.5, 0.6) is 0 Å². The summed E-state index contributed by atoms with van der Waals surface area (Å²) in [5, 5.41) is 23.6. The van der Waals surface area contributed by atoms with Crippen LogP contribution in [0.2, 0.25) is 0 Å². The first-order valence-corrected chi connectivity index (χ1v) is 4.94. The van der Waals surface area contributed by atoms with Crippen molar-refractivity contribution >= 4 is 16.0 Å². The number of hydrogen-bond donors (Lipinski definition) is 0. The van der Waals surface area contributed by atoms with E-state index in [1.165, 1.54) is 19.0 Å². The molecule has 0 heterocycles. The molecule has 0 bridgehead atoms. The van der Waals surface area contributed by atoms with Gasteiger partial charge in [0, 0.05) is 0 Å². The summed E-state index contributed by atoms with van der Waals surface area (Å²) in [7, 11) is 2.05. The van der Waals surface area contributed by atoms with E-state index in [0.717, 1.165) is 0 Å². The Morgan fingerprint density at radius 3 is 1.58 bits per heavy atom. The van der Waals surface area contributed by atoms with E-state index in [0.29, 0.717) is 0 Å². The van der Waals surface area contributed by atoms with Crippen molar-refractivity contribution in [3.05, 3.63) is 0 Å². The van der Waals surface area contributed by atoms with E-state index in [9.17, 15) is 0 Å². The van der Waals surface area contributed by atoms with Gasteiger partial charge in [-0.1, -0.05) is 13.3 Å². The fraction of sp³-hybridized carbons (Fsp3) is 0.571. The maximum Gasteiger partial charge on any atom is 0.286 e. The minimum absolute atomic E-state index is 1.35. The highest BCUT2D eigenvalue weighted by Crippen LogP contribution is 1.89. The van der Waals surface area contributed by atoms with Gasteiger partial charge in [-0.3, -0.25) is 0 Å². The third-order valence-electron chi connectivity index (χ3n) is 1.08. The van der Waals surface area contributed by atoms with Crippen molar-refractivity contribution in [3.8, 4) is 17.9 Å². The van der Waals surface area contributed by atoms with Gasteiger partial charge in [0.1, 0.15) is 0 Å². The van der Waals surface area contributed by atoms with Gasteiger partial charge in [0.2, 0.25) is 0 Å². The molecule has 0 aliphatic carbocycles. The van der Waals surface area contributed by atoms with Gasteiger partial charge in [-0.05, 0) is 15.7 Å². The quantitative estimate of drug-likeness (QED) is 0.467. The molecule has 0 fully saturated rings. The van der Waals surface area contributed by atoms with Crippen LogP contribution in [-0.4, -0.2) is 12.9 Å². The Labute approximate surface area is 76.3 Å². The van der Waals surface area contributed by atoms with Crippen molar-refractivity contribution in [3.63, 3.8) is 0 Å². The first kappa shape index (κ1) is 13.5. The third kappa shape index (κ3) is 11.7. The van der Waals surface area contributed by atoms with Gasteiger partial charge in [0.05, 0.1) is 6.16 Å². The summed E-state index contributed by atoms with van der Waals surface area (Å²) in [6.07, 6.45) is 4.12. The Hall–Kier alpha value is -1.04. The molecule has 0 rings (SSSR count). The zero-order valence-corrected chi connectivity index (χ0v) is 8.79. The second kappa shape index (κ2) is 12.6. The summed E-state index contributed by atoms with van der Waals surface area (Å²) >= 11 is 0. The molecule has 0 aliphatic rings. The van der Waals surface area contributed by atoms with Gasteiger partial charge in [0.15, 0.2) is 0 Å². The van der Waals surface area contributed by atoms with Crippen molar-refractivity contribution in [2.24, 2.45) is 0 Å². The molecule has 0 N–H and O–H groups in total. The average Bonchev–Trinajstić information content (AvgIpc) is 2.10. The van der Waals surface area contributed by atoms with E-state index in [-0.39, 0.29) is 0 Å². The number of unbranched alkanes of at least 4 members (excludes halogenated alkanes) is 1. The average molecular weight is 181 g/mol. The molecular formula is C7H13BN3P. The smallest absolute Gasteiger partial charge is 0.247 e. The molecule has 12 heavy (non-hydrogen) atoms. The first-order chi connectivity index (χ1) is 5.76. The number of nitrogens with zero attached hydrogens (tertiary/aromatic N) is 3. The van der Waals surface area contributed by atoms with Crippen LogP contribution in [0.15, 0.2) is 0 Å². The minimum Gasteiger partial charge on any atom is -0.247 e. The zero-order valence-electron chi connectivity index (χ0n) is 7.38. The van der Waals surface area contributed by atoms with Gasteiger partial charge < -0.3 is 0 Å². The number of nitriles is 3. The predicted molar refractivity (Wildman–Crippen MR) is 54.9 cm³/mol. The van der Waals surface area contributed by atoms with Crippen molar-refractivity contribution in [1.82, 2.24) is 0 Å². The van der Waals surface area contributed by atoms with Crippen LogP contribution in [0.1, 0.15) is 19.8 Å². The van der Waals surface area contributed by atoms with Crippen molar-refractivity contribution in [1.29, 1.82) is 15.8 Å². The largest absolute Gasteiger partial charge is 0.286 e. The van der Waals surface area contributed by atoms with Crippen LogP contribution < -0.4 is 0 Å². The zero-order chi connectivity index (χ0) is 9.82. The Bertz CT molecular complexity index is 175. The van der Waals surface area contributed by atoms with Crippen LogP contribution in [0.3, 0.4) is 0 Å². The van der Waals surface area contributed by atoms with E-state index in [1.807, 2.05) is 9.24 Å². The van der Waals surface area contributed by atoms with Gasteiger partial charge in [-0.25, -0.2) is 15.8 Å². The summed E-state index contributed by atoms with van der Waals surface area (Å²) in [6, 6.07) is 0. The molecule has 0 saturated heterocycles. The third-order valence-corrected chi connectivity index (χ3v) is 1.58. The monoisotopic (exact) mass is 181 g/mol. The van der Waals surface area contributed by atoms with Gasteiger partial charge >= 0.3 is 0 Å². The van der Waals surface area contributed by atoms with E-state index in [2.05, 4.69) is 6.92 Å². The second-order valence-electron chi connectivity index (χ2n) is 2.21. The highest BCUT2D eigenvalue weighted by atomic mass is 31.0. The van der Waals surface area contributed by atoms with Crippen LogP contribution in [0.4, 0.5) is 0 Å². The van der Waals surface area contributed by atoms with Crippen LogP contribution in [0, 0.1) is 33.7 Å².